The van der Waals surface area contributed by atoms with Gasteiger partial charge in [0.05, 0.1) is 32.3 Å². The van der Waals surface area contributed by atoms with E-state index in [0.717, 1.165) is 45.7 Å². The van der Waals surface area contributed by atoms with Gasteiger partial charge in [0.25, 0.3) is 0 Å². The van der Waals surface area contributed by atoms with Crippen LogP contribution in [0.15, 0.2) is 60.7 Å². The van der Waals surface area contributed by atoms with Crippen molar-refractivity contribution in [3.05, 3.63) is 80.5 Å². The van der Waals surface area contributed by atoms with Gasteiger partial charge in [-0.05, 0) is 58.3 Å². The third-order valence-corrected chi connectivity index (χ3v) is 7.62. The van der Waals surface area contributed by atoms with Crippen LogP contribution in [0, 0.1) is 2.88 Å². The Morgan fingerprint density at radius 1 is 1.03 bits per heavy atom. The number of hydrogen-bond acceptors (Lipinski definition) is 6. The van der Waals surface area contributed by atoms with E-state index < -0.39 is 0 Å². The molecule has 34 heavy (non-hydrogen) atoms. The average Bonchev–Trinajstić information content (AvgIpc) is 3.40. The lowest BCUT2D eigenvalue weighted by molar-refractivity contribution is 0.118. The van der Waals surface area contributed by atoms with E-state index in [0.29, 0.717) is 25.6 Å². The third-order valence-electron chi connectivity index (χ3n) is 5.73. The highest BCUT2D eigenvalue weighted by atomic mass is 127. The lowest BCUT2D eigenvalue weighted by Gasteiger charge is -2.11. The maximum atomic E-state index is 6.36. The number of hydrogen-bond donors (Lipinski definition) is 1. The van der Waals surface area contributed by atoms with Crippen LogP contribution in [0.4, 0.5) is 5.82 Å². The highest BCUT2D eigenvalue weighted by molar-refractivity contribution is 14.1. The number of anilines is 1. The van der Waals surface area contributed by atoms with E-state index in [2.05, 4.69) is 62.5 Å². The summed E-state index contributed by atoms with van der Waals surface area (Å²) in [4.78, 5) is 9.58. The topological polar surface area (TPSA) is 75.2 Å². The van der Waals surface area contributed by atoms with Gasteiger partial charge in [-0.3, -0.25) is 0 Å². The van der Waals surface area contributed by atoms with Crippen molar-refractivity contribution in [3.8, 4) is 5.75 Å². The van der Waals surface area contributed by atoms with Crippen molar-refractivity contribution in [2.75, 3.05) is 19.5 Å². The normalized spacial score (nSPS) is 11.5. The molecule has 0 unspecified atom stereocenters. The van der Waals surface area contributed by atoms with E-state index in [4.69, 9.17) is 20.2 Å². The molecule has 0 bridgehead atoms. The van der Waals surface area contributed by atoms with Gasteiger partial charge in [0.15, 0.2) is 5.82 Å². The standard InChI is InChI=1S/C26H25IN4O2S/c1-32-19-11-9-17(10-12-19)15-31-22(8-5-13-33-16-18-6-3-2-4-7-18)30-23-24(31)25-20(29-26(23)28)14-21(27)34-25/h2-4,6-7,9-12,14H,5,8,13,15-16H2,1H3,(H2,28,29). The Kier molecular flexibility index (Phi) is 6.98. The summed E-state index contributed by atoms with van der Waals surface area (Å²) < 4.78 is 15.8. The molecular weight excluding hydrogens is 559 g/mol. The number of rotatable bonds is 9. The Bertz CT molecular complexity index is 1410. The molecule has 5 aromatic rings. The molecule has 0 fully saturated rings. The van der Waals surface area contributed by atoms with Gasteiger partial charge in [-0.1, -0.05) is 42.5 Å². The molecule has 3 aromatic heterocycles. The first-order valence-corrected chi connectivity index (χ1v) is 13.0. The average molecular weight is 584 g/mol. The molecule has 0 saturated carbocycles. The first-order valence-electron chi connectivity index (χ1n) is 11.1. The van der Waals surface area contributed by atoms with Gasteiger partial charge in [0.2, 0.25) is 0 Å². The number of aromatic nitrogens is 3. The second-order valence-corrected chi connectivity index (χ2v) is 11.0. The molecule has 2 N–H and O–H groups in total. The number of nitrogens with zero attached hydrogens (tertiary/aromatic N) is 3. The molecule has 0 spiro atoms. The van der Waals surface area contributed by atoms with Crippen LogP contribution in [0.5, 0.6) is 5.75 Å². The van der Waals surface area contributed by atoms with Crippen LogP contribution >= 0.6 is 33.9 Å². The van der Waals surface area contributed by atoms with E-state index in [1.165, 1.54) is 14.0 Å². The summed E-state index contributed by atoms with van der Waals surface area (Å²) in [6, 6.07) is 20.5. The Labute approximate surface area is 215 Å². The SMILES string of the molecule is COc1ccc(Cn2c(CCCOCc3ccccc3)nc3c(N)nc4cc(I)sc4c32)cc1. The summed E-state index contributed by atoms with van der Waals surface area (Å²) >= 11 is 4.07. The third kappa shape index (κ3) is 4.89. The zero-order chi connectivity index (χ0) is 23.5. The van der Waals surface area contributed by atoms with Gasteiger partial charge in [-0.25, -0.2) is 9.97 Å². The van der Waals surface area contributed by atoms with Gasteiger partial charge in [0.1, 0.15) is 17.1 Å². The monoisotopic (exact) mass is 584 g/mol. The lowest BCUT2D eigenvalue weighted by Crippen LogP contribution is -2.07. The molecule has 2 aromatic carbocycles. The van der Waals surface area contributed by atoms with Crippen LogP contribution in [0.25, 0.3) is 21.3 Å². The molecule has 0 aliphatic carbocycles. The molecule has 0 radical (unpaired) electrons. The minimum absolute atomic E-state index is 0.478. The molecule has 0 aliphatic rings. The first-order chi connectivity index (χ1) is 16.6. The summed E-state index contributed by atoms with van der Waals surface area (Å²) in [6.45, 7) is 1.99. The van der Waals surface area contributed by atoms with E-state index in [-0.39, 0.29) is 0 Å². The maximum Gasteiger partial charge on any atom is 0.152 e. The van der Waals surface area contributed by atoms with Crippen LogP contribution in [0.3, 0.4) is 0 Å². The van der Waals surface area contributed by atoms with Gasteiger partial charge in [-0.15, -0.1) is 11.3 Å². The molecule has 8 heteroatoms. The minimum Gasteiger partial charge on any atom is -0.497 e. The number of benzene rings is 2. The minimum atomic E-state index is 0.478. The smallest absolute Gasteiger partial charge is 0.152 e. The predicted octanol–water partition coefficient (Wildman–Crippen LogP) is 6.04. The predicted molar refractivity (Wildman–Crippen MR) is 147 cm³/mol. The fourth-order valence-electron chi connectivity index (χ4n) is 4.07. The number of fused-ring (bicyclic) bond motifs is 3. The second kappa shape index (κ2) is 10.3. The number of pyridine rings is 1. The van der Waals surface area contributed by atoms with Gasteiger partial charge >= 0.3 is 0 Å². The van der Waals surface area contributed by atoms with Crippen LogP contribution in [0.2, 0.25) is 0 Å². The van der Waals surface area contributed by atoms with Crippen LogP contribution in [-0.2, 0) is 24.3 Å². The number of halogens is 1. The Balaban J connectivity index is 1.43. The highest BCUT2D eigenvalue weighted by Gasteiger charge is 2.19. The number of aryl methyl sites for hydroxylation is 1. The maximum absolute atomic E-state index is 6.36. The summed E-state index contributed by atoms with van der Waals surface area (Å²) in [5.74, 6) is 2.32. The van der Waals surface area contributed by atoms with Gasteiger partial charge in [-0.2, -0.15) is 0 Å². The number of methoxy groups -OCH3 is 1. The van der Waals surface area contributed by atoms with Crippen molar-refractivity contribution in [3.63, 3.8) is 0 Å². The van der Waals surface area contributed by atoms with E-state index in [1.54, 1.807) is 18.4 Å². The molecule has 0 atom stereocenters. The molecule has 3 heterocycles. The summed E-state index contributed by atoms with van der Waals surface area (Å²) in [6.07, 6.45) is 1.67. The van der Waals surface area contributed by atoms with Crippen LogP contribution in [-0.4, -0.2) is 28.3 Å². The Morgan fingerprint density at radius 3 is 2.59 bits per heavy atom. The van der Waals surface area contributed by atoms with Crippen molar-refractivity contribution >= 4 is 61.0 Å². The number of nitrogen functional groups attached to an aromatic ring is 1. The fourth-order valence-corrected chi connectivity index (χ4v) is 5.90. The fraction of sp³-hybridized carbons (Fsp3) is 0.231. The van der Waals surface area contributed by atoms with Crippen molar-refractivity contribution in [1.82, 2.24) is 14.5 Å². The van der Waals surface area contributed by atoms with Crippen molar-refractivity contribution in [2.24, 2.45) is 0 Å². The summed E-state index contributed by atoms with van der Waals surface area (Å²) in [5, 5.41) is 0. The number of thiophene rings is 1. The zero-order valence-electron chi connectivity index (χ0n) is 18.8. The van der Waals surface area contributed by atoms with Gasteiger partial charge < -0.3 is 19.8 Å². The molecular formula is C26H25IN4O2S. The lowest BCUT2D eigenvalue weighted by atomic mass is 10.2. The first kappa shape index (κ1) is 23.1. The largest absolute Gasteiger partial charge is 0.497 e. The Hall–Kier alpha value is -2.69. The number of ether oxygens (including phenoxy) is 2. The summed E-state index contributed by atoms with van der Waals surface area (Å²) in [7, 11) is 1.68. The second-order valence-electron chi connectivity index (χ2n) is 8.06. The van der Waals surface area contributed by atoms with Crippen molar-refractivity contribution in [2.45, 2.75) is 26.0 Å². The van der Waals surface area contributed by atoms with Crippen molar-refractivity contribution in [1.29, 1.82) is 0 Å². The molecule has 6 nitrogen and oxygen atoms in total. The van der Waals surface area contributed by atoms with Gasteiger partial charge in [0, 0.05) is 19.6 Å². The number of nitrogens with two attached hydrogens (primary N) is 1. The quantitative estimate of drug-likeness (QED) is 0.169. The Morgan fingerprint density at radius 2 is 1.82 bits per heavy atom. The van der Waals surface area contributed by atoms with Crippen LogP contribution in [0.1, 0.15) is 23.4 Å². The van der Waals surface area contributed by atoms with E-state index in [9.17, 15) is 0 Å². The highest BCUT2D eigenvalue weighted by Crippen LogP contribution is 2.35. The van der Waals surface area contributed by atoms with E-state index >= 15 is 0 Å². The molecule has 0 amide bonds. The molecule has 5 rings (SSSR count). The molecule has 0 aliphatic heterocycles. The molecule has 0 saturated heterocycles. The van der Waals surface area contributed by atoms with Crippen molar-refractivity contribution < 1.29 is 9.47 Å². The van der Waals surface area contributed by atoms with E-state index in [1.807, 2.05) is 30.3 Å². The summed E-state index contributed by atoms with van der Waals surface area (Å²) in [5.41, 5.74) is 11.5. The molecule has 174 valence electrons. The zero-order valence-corrected chi connectivity index (χ0v) is 21.8. The van der Waals surface area contributed by atoms with Crippen LogP contribution < -0.4 is 10.5 Å². The number of imidazole rings is 1.